The predicted octanol–water partition coefficient (Wildman–Crippen LogP) is 3.07. The molecule has 1 unspecified atom stereocenters. The van der Waals surface area contributed by atoms with Crippen molar-refractivity contribution in [1.29, 1.82) is 0 Å². The third kappa shape index (κ3) is 3.45. The smallest absolute Gasteiger partial charge is 0.263 e. The Kier molecular flexibility index (Phi) is 4.57. The number of nitrogens with one attached hydrogen (secondary N) is 1. The number of hydrogen-bond donors (Lipinski definition) is 2. The Morgan fingerprint density at radius 1 is 1.55 bits per heavy atom. The monoisotopic (exact) mass is 310 g/mol. The maximum absolute atomic E-state index is 12.2. The van der Waals surface area contributed by atoms with Crippen LogP contribution in [0.2, 0.25) is 0 Å². The summed E-state index contributed by atoms with van der Waals surface area (Å²) in [6, 6.07) is 1.99. The number of thiophene rings is 1. The lowest BCUT2D eigenvalue weighted by Gasteiger charge is -2.21. The molecule has 0 spiro atoms. The maximum Gasteiger partial charge on any atom is 0.263 e. The number of aryl methyl sites for hydroxylation is 1. The molecule has 0 fully saturated rings. The van der Waals surface area contributed by atoms with Gasteiger partial charge in [-0.3, -0.25) is 4.79 Å². The molecule has 0 aromatic carbocycles. The van der Waals surface area contributed by atoms with Crippen molar-refractivity contribution in [3.8, 4) is 10.6 Å². The Bertz CT molecular complexity index is 588. The molecular formula is C14H18N2O2S2. The van der Waals surface area contributed by atoms with Crippen molar-refractivity contribution < 1.29 is 9.90 Å². The SMILES string of the molecule is CCC(C)(O)CNC(=O)c1sc(-c2ccsc2)nc1C. The molecule has 0 aliphatic heterocycles. The van der Waals surface area contributed by atoms with Crippen LogP contribution in [0.1, 0.15) is 35.6 Å². The van der Waals surface area contributed by atoms with Gasteiger partial charge in [-0.1, -0.05) is 6.92 Å². The highest BCUT2D eigenvalue weighted by atomic mass is 32.1. The Hall–Kier alpha value is -1.24. The average Bonchev–Trinajstić information content (AvgIpc) is 3.05. The summed E-state index contributed by atoms with van der Waals surface area (Å²) in [5.41, 5.74) is 0.900. The van der Waals surface area contributed by atoms with E-state index in [9.17, 15) is 9.90 Å². The van der Waals surface area contributed by atoms with Gasteiger partial charge in [-0.2, -0.15) is 11.3 Å². The van der Waals surface area contributed by atoms with Gasteiger partial charge >= 0.3 is 0 Å². The molecule has 0 aliphatic carbocycles. The summed E-state index contributed by atoms with van der Waals surface area (Å²) in [4.78, 5) is 17.2. The van der Waals surface area contributed by atoms with Gasteiger partial charge in [0.2, 0.25) is 0 Å². The number of amides is 1. The minimum Gasteiger partial charge on any atom is -0.388 e. The molecular weight excluding hydrogens is 292 g/mol. The fourth-order valence-electron chi connectivity index (χ4n) is 1.59. The normalized spacial score (nSPS) is 14.0. The summed E-state index contributed by atoms with van der Waals surface area (Å²) in [5.74, 6) is -0.171. The van der Waals surface area contributed by atoms with Crippen molar-refractivity contribution in [3.63, 3.8) is 0 Å². The largest absolute Gasteiger partial charge is 0.388 e. The van der Waals surface area contributed by atoms with Crippen LogP contribution >= 0.6 is 22.7 Å². The first kappa shape index (κ1) is 15.2. The number of aromatic nitrogens is 1. The minimum absolute atomic E-state index is 0.171. The lowest BCUT2D eigenvalue weighted by Crippen LogP contribution is -2.40. The standard InChI is InChI=1S/C14H18N2O2S2/c1-4-14(3,18)8-15-12(17)11-9(2)16-13(20-11)10-5-6-19-7-10/h5-7,18H,4,8H2,1-3H3,(H,15,17). The van der Waals surface area contributed by atoms with Gasteiger partial charge in [-0.05, 0) is 31.7 Å². The molecule has 4 nitrogen and oxygen atoms in total. The highest BCUT2D eigenvalue weighted by Crippen LogP contribution is 2.29. The van der Waals surface area contributed by atoms with E-state index in [0.29, 0.717) is 11.3 Å². The molecule has 0 aliphatic rings. The molecule has 0 radical (unpaired) electrons. The number of hydrogen-bond acceptors (Lipinski definition) is 5. The number of rotatable bonds is 5. The van der Waals surface area contributed by atoms with Gasteiger partial charge in [-0.15, -0.1) is 11.3 Å². The number of carbonyl (C=O) groups excluding carboxylic acids is 1. The molecule has 0 saturated carbocycles. The van der Waals surface area contributed by atoms with Crippen LogP contribution in [0.5, 0.6) is 0 Å². The second kappa shape index (κ2) is 6.03. The number of thiazole rings is 1. The van der Waals surface area contributed by atoms with Crippen LogP contribution in [-0.2, 0) is 0 Å². The maximum atomic E-state index is 12.2. The molecule has 1 amide bonds. The molecule has 2 N–H and O–H groups in total. The van der Waals surface area contributed by atoms with Crippen LogP contribution in [0.4, 0.5) is 0 Å². The van der Waals surface area contributed by atoms with Crippen molar-refractivity contribution in [1.82, 2.24) is 10.3 Å². The fourth-order valence-corrected chi connectivity index (χ4v) is 3.29. The summed E-state index contributed by atoms with van der Waals surface area (Å²) in [7, 11) is 0. The van der Waals surface area contributed by atoms with E-state index >= 15 is 0 Å². The van der Waals surface area contributed by atoms with Crippen LogP contribution in [-0.4, -0.2) is 28.1 Å². The first-order valence-corrected chi connectivity index (χ1v) is 8.19. The molecule has 6 heteroatoms. The van der Waals surface area contributed by atoms with Crippen molar-refractivity contribution in [2.45, 2.75) is 32.8 Å². The quantitative estimate of drug-likeness (QED) is 0.892. The molecule has 2 heterocycles. The molecule has 1 atom stereocenters. The highest BCUT2D eigenvalue weighted by molar-refractivity contribution is 7.17. The van der Waals surface area contributed by atoms with Gasteiger partial charge in [0.15, 0.2) is 0 Å². The Labute approximate surface area is 126 Å². The zero-order valence-corrected chi connectivity index (χ0v) is 13.4. The molecule has 0 bridgehead atoms. The second-order valence-electron chi connectivity index (χ2n) is 4.98. The van der Waals surface area contributed by atoms with Crippen molar-refractivity contribution in [2.24, 2.45) is 0 Å². The Morgan fingerprint density at radius 2 is 2.30 bits per heavy atom. The average molecular weight is 310 g/mol. The van der Waals surface area contributed by atoms with Crippen molar-refractivity contribution >= 4 is 28.6 Å². The molecule has 2 aromatic heterocycles. The van der Waals surface area contributed by atoms with Gasteiger partial charge in [0.05, 0.1) is 11.3 Å². The van der Waals surface area contributed by atoms with Crippen LogP contribution in [0.15, 0.2) is 16.8 Å². The van der Waals surface area contributed by atoms with E-state index in [-0.39, 0.29) is 12.5 Å². The molecule has 20 heavy (non-hydrogen) atoms. The fraction of sp³-hybridized carbons (Fsp3) is 0.429. The molecule has 2 aromatic rings. The van der Waals surface area contributed by atoms with E-state index in [4.69, 9.17) is 0 Å². The first-order valence-electron chi connectivity index (χ1n) is 6.43. The van der Waals surface area contributed by atoms with Gasteiger partial charge < -0.3 is 10.4 Å². The Morgan fingerprint density at radius 3 is 2.90 bits per heavy atom. The molecule has 2 rings (SSSR count). The minimum atomic E-state index is -0.871. The summed E-state index contributed by atoms with van der Waals surface area (Å²) in [6.45, 7) is 5.68. The molecule has 0 saturated heterocycles. The zero-order valence-electron chi connectivity index (χ0n) is 11.8. The predicted molar refractivity (Wildman–Crippen MR) is 83.4 cm³/mol. The van der Waals surface area contributed by atoms with E-state index < -0.39 is 5.60 Å². The first-order chi connectivity index (χ1) is 9.43. The second-order valence-corrected chi connectivity index (χ2v) is 6.76. The van der Waals surface area contributed by atoms with Crippen molar-refractivity contribution in [2.75, 3.05) is 6.54 Å². The topological polar surface area (TPSA) is 62.2 Å². The van der Waals surface area contributed by atoms with Crippen LogP contribution < -0.4 is 5.32 Å². The van der Waals surface area contributed by atoms with Gasteiger partial charge in [0.1, 0.15) is 9.88 Å². The van der Waals surface area contributed by atoms with E-state index in [1.165, 1.54) is 11.3 Å². The van der Waals surface area contributed by atoms with Gasteiger partial charge in [-0.25, -0.2) is 4.98 Å². The van der Waals surface area contributed by atoms with E-state index in [0.717, 1.165) is 16.3 Å². The van der Waals surface area contributed by atoms with Gasteiger partial charge in [0.25, 0.3) is 5.91 Å². The summed E-state index contributed by atoms with van der Waals surface area (Å²) < 4.78 is 0. The number of carbonyl (C=O) groups is 1. The lowest BCUT2D eigenvalue weighted by molar-refractivity contribution is 0.0519. The molecule has 108 valence electrons. The van der Waals surface area contributed by atoms with Crippen molar-refractivity contribution in [3.05, 3.63) is 27.4 Å². The van der Waals surface area contributed by atoms with Crippen LogP contribution in [0.25, 0.3) is 10.6 Å². The van der Waals surface area contributed by atoms with E-state index in [2.05, 4.69) is 10.3 Å². The van der Waals surface area contributed by atoms with E-state index in [1.54, 1.807) is 18.3 Å². The zero-order chi connectivity index (χ0) is 14.8. The van der Waals surface area contributed by atoms with Crippen LogP contribution in [0, 0.1) is 6.92 Å². The third-order valence-electron chi connectivity index (χ3n) is 3.16. The van der Waals surface area contributed by atoms with E-state index in [1.807, 2.05) is 30.7 Å². The summed E-state index contributed by atoms with van der Waals surface area (Å²) in [6.07, 6.45) is 0.592. The number of aliphatic hydroxyl groups is 1. The highest BCUT2D eigenvalue weighted by Gasteiger charge is 2.21. The Balaban J connectivity index is 2.11. The third-order valence-corrected chi connectivity index (χ3v) is 5.05. The lowest BCUT2D eigenvalue weighted by atomic mass is 10.0. The van der Waals surface area contributed by atoms with Crippen LogP contribution in [0.3, 0.4) is 0 Å². The van der Waals surface area contributed by atoms with Gasteiger partial charge in [0, 0.05) is 17.5 Å². The number of nitrogens with zero attached hydrogens (tertiary/aromatic N) is 1. The summed E-state index contributed by atoms with van der Waals surface area (Å²) in [5, 5.41) is 17.6. The summed E-state index contributed by atoms with van der Waals surface area (Å²) >= 11 is 2.99.